The molecule has 2 aromatic rings. The molecule has 0 heterocycles. The van der Waals surface area contributed by atoms with E-state index >= 15 is 0 Å². The van der Waals surface area contributed by atoms with Crippen LogP contribution < -0.4 is 10.6 Å². The zero-order chi connectivity index (χ0) is 26.7. The van der Waals surface area contributed by atoms with Gasteiger partial charge in [0, 0.05) is 35.6 Å². The maximum atomic E-state index is 12.8. The first-order valence-corrected chi connectivity index (χ1v) is 12.2. The molecular weight excluding hydrogens is 452 g/mol. The molecule has 0 saturated carbocycles. The van der Waals surface area contributed by atoms with E-state index in [-0.39, 0.29) is 23.7 Å². The van der Waals surface area contributed by atoms with Crippen LogP contribution in [0.1, 0.15) is 65.5 Å². The predicted octanol–water partition coefficient (Wildman–Crippen LogP) is 6.45. The van der Waals surface area contributed by atoms with Gasteiger partial charge in [0.2, 0.25) is 0 Å². The van der Waals surface area contributed by atoms with E-state index in [0.717, 1.165) is 22.5 Å². The number of esters is 2. The first-order chi connectivity index (χ1) is 16.8. The monoisotopic (exact) mass is 490 g/mol. The molecule has 0 saturated heterocycles. The third-order valence-electron chi connectivity index (χ3n) is 6.35. The number of carbonyl (C=O) groups is 2. The molecule has 0 amide bonds. The summed E-state index contributed by atoms with van der Waals surface area (Å²) in [4.78, 5) is 25.7. The van der Waals surface area contributed by atoms with Crippen molar-refractivity contribution in [2.24, 2.45) is 0 Å². The van der Waals surface area contributed by atoms with Crippen molar-refractivity contribution in [3.8, 4) is 0 Å². The molecule has 0 aromatic heterocycles. The third kappa shape index (κ3) is 6.36. The lowest BCUT2D eigenvalue weighted by Crippen LogP contribution is -2.24. The summed E-state index contributed by atoms with van der Waals surface area (Å²) in [6.45, 7) is 12.9. The Kier molecular flexibility index (Phi) is 7.97. The molecule has 36 heavy (non-hydrogen) atoms. The number of hydrogen-bond acceptors (Lipinski definition) is 6. The van der Waals surface area contributed by atoms with E-state index in [1.807, 2.05) is 24.3 Å². The van der Waals surface area contributed by atoms with Gasteiger partial charge in [-0.25, -0.2) is 9.59 Å². The number of nitrogens with one attached hydrogen (secondary N) is 2. The molecule has 6 heteroatoms. The van der Waals surface area contributed by atoms with Crippen LogP contribution in [0, 0.1) is 0 Å². The van der Waals surface area contributed by atoms with E-state index in [0.29, 0.717) is 22.5 Å². The summed E-state index contributed by atoms with van der Waals surface area (Å²) in [6, 6.07) is 16.1. The number of benzene rings is 2. The van der Waals surface area contributed by atoms with E-state index in [1.54, 1.807) is 0 Å². The first kappa shape index (κ1) is 27.1. The molecule has 1 aliphatic rings. The second-order valence-electron chi connectivity index (χ2n) is 11.2. The highest BCUT2D eigenvalue weighted by atomic mass is 16.5. The van der Waals surface area contributed by atoms with Gasteiger partial charge in [-0.2, -0.15) is 0 Å². The third-order valence-corrected chi connectivity index (χ3v) is 6.35. The number of anilines is 2. The Morgan fingerprint density at radius 3 is 1.33 bits per heavy atom. The van der Waals surface area contributed by atoms with Crippen LogP contribution >= 0.6 is 0 Å². The molecule has 6 nitrogen and oxygen atoms in total. The summed E-state index contributed by atoms with van der Waals surface area (Å²) in [5, 5.41) is 6.78. The number of methoxy groups -OCH3 is 2. The van der Waals surface area contributed by atoms with Gasteiger partial charge in [-0.3, -0.25) is 0 Å². The standard InChI is InChI=1S/C30H38N2O4/c1-29(2,3)19-11-9-13-21(15-19)31-25-17-24(28(34)36-8)26(18-23(25)27(33)35-7)32-22-14-10-12-20(16-22)30(4,5)6/h9-16,31-32H,17-18H2,1-8H3. The number of ether oxygens (including phenoxy) is 2. The van der Waals surface area contributed by atoms with Crippen LogP contribution in [0.2, 0.25) is 0 Å². The van der Waals surface area contributed by atoms with Crippen molar-refractivity contribution in [2.45, 2.75) is 65.2 Å². The average molecular weight is 491 g/mol. The Morgan fingerprint density at radius 1 is 0.667 bits per heavy atom. The molecule has 0 bridgehead atoms. The molecular formula is C30H38N2O4. The highest BCUT2D eigenvalue weighted by Gasteiger charge is 2.30. The van der Waals surface area contributed by atoms with Gasteiger partial charge in [-0.05, 0) is 46.2 Å². The van der Waals surface area contributed by atoms with Gasteiger partial charge in [0.1, 0.15) is 0 Å². The Labute approximate surface area is 214 Å². The summed E-state index contributed by atoms with van der Waals surface area (Å²) < 4.78 is 10.2. The minimum absolute atomic E-state index is 0.0282. The molecule has 0 spiro atoms. The Morgan fingerprint density at radius 2 is 1.03 bits per heavy atom. The lowest BCUT2D eigenvalue weighted by molar-refractivity contribution is -0.137. The number of rotatable bonds is 6. The Hall–Kier alpha value is -3.54. The quantitative estimate of drug-likeness (QED) is 0.453. The molecule has 0 atom stereocenters. The van der Waals surface area contributed by atoms with Gasteiger partial charge in [-0.1, -0.05) is 65.8 Å². The normalized spacial score (nSPS) is 14.4. The molecule has 0 aliphatic heterocycles. The van der Waals surface area contributed by atoms with Crippen LogP contribution in [0.25, 0.3) is 0 Å². The second-order valence-corrected chi connectivity index (χ2v) is 11.2. The van der Waals surface area contributed by atoms with Crippen LogP contribution in [0.4, 0.5) is 11.4 Å². The second kappa shape index (κ2) is 10.6. The smallest absolute Gasteiger partial charge is 0.335 e. The highest BCUT2D eigenvalue weighted by molar-refractivity contribution is 5.96. The maximum Gasteiger partial charge on any atom is 0.335 e. The van der Waals surface area contributed by atoms with Crippen molar-refractivity contribution in [3.63, 3.8) is 0 Å². The fraction of sp³-hybridized carbons (Fsp3) is 0.400. The number of allylic oxidation sites excluding steroid dienone is 2. The van der Waals surface area contributed by atoms with Gasteiger partial charge < -0.3 is 20.1 Å². The topological polar surface area (TPSA) is 76.7 Å². The van der Waals surface area contributed by atoms with E-state index in [9.17, 15) is 9.59 Å². The lowest BCUT2D eigenvalue weighted by Gasteiger charge is -2.27. The lowest BCUT2D eigenvalue weighted by atomic mass is 9.86. The van der Waals surface area contributed by atoms with Gasteiger partial charge in [-0.15, -0.1) is 0 Å². The molecule has 2 N–H and O–H groups in total. The number of carbonyl (C=O) groups excluding carboxylic acids is 2. The van der Waals surface area contributed by atoms with Gasteiger partial charge in [0.05, 0.1) is 25.4 Å². The van der Waals surface area contributed by atoms with Crippen molar-refractivity contribution in [2.75, 3.05) is 24.9 Å². The van der Waals surface area contributed by atoms with Crippen LogP contribution in [-0.2, 0) is 29.9 Å². The Bertz CT molecular complexity index is 1110. The van der Waals surface area contributed by atoms with Gasteiger partial charge in [0.15, 0.2) is 0 Å². The van der Waals surface area contributed by atoms with Crippen LogP contribution in [-0.4, -0.2) is 26.2 Å². The van der Waals surface area contributed by atoms with Crippen molar-refractivity contribution < 1.29 is 19.1 Å². The van der Waals surface area contributed by atoms with Crippen LogP contribution in [0.5, 0.6) is 0 Å². The van der Waals surface area contributed by atoms with Crippen LogP contribution in [0.3, 0.4) is 0 Å². The minimum atomic E-state index is -0.434. The van der Waals surface area contributed by atoms with Crippen molar-refractivity contribution in [1.82, 2.24) is 0 Å². The first-order valence-electron chi connectivity index (χ1n) is 12.2. The number of hydrogen-bond donors (Lipinski definition) is 2. The van der Waals surface area contributed by atoms with E-state index in [4.69, 9.17) is 9.47 Å². The summed E-state index contributed by atoms with van der Waals surface area (Å²) in [5.74, 6) is -0.868. The molecule has 3 rings (SSSR count). The SMILES string of the molecule is COC(=O)C1=C(Nc2cccc(C(C)(C)C)c2)CC(C(=O)OC)=C(Nc2cccc(C(C)(C)C)c2)C1. The molecule has 1 aliphatic carbocycles. The molecule has 0 fully saturated rings. The maximum absolute atomic E-state index is 12.8. The summed E-state index contributed by atoms with van der Waals surface area (Å²) in [6.07, 6.45) is 0.413. The van der Waals surface area contributed by atoms with Gasteiger partial charge in [0.25, 0.3) is 0 Å². The fourth-order valence-electron chi connectivity index (χ4n) is 4.13. The van der Waals surface area contributed by atoms with Gasteiger partial charge >= 0.3 is 11.9 Å². The minimum Gasteiger partial charge on any atom is -0.466 e. The predicted molar refractivity (Wildman–Crippen MR) is 145 cm³/mol. The molecule has 192 valence electrons. The van der Waals surface area contributed by atoms with Crippen molar-refractivity contribution in [3.05, 3.63) is 82.2 Å². The molecule has 0 radical (unpaired) electrons. The molecule has 0 unspecified atom stereocenters. The largest absolute Gasteiger partial charge is 0.466 e. The van der Waals surface area contributed by atoms with Crippen molar-refractivity contribution >= 4 is 23.3 Å². The van der Waals surface area contributed by atoms with E-state index in [2.05, 4.69) is 76.4 Å². The zero-order valence-corrected chi connectivity index (χ0v) is 22.7. The summed E-state index contributed by atoms with van der Waals surface area (Å²) in [7, 11) is 2.74. The van der Waals surface area contributed by atoms with E-state index in [1.165, 1.54) is 14.2 Å². The highest BCUT2D eigenvalue weighted by Crippen LogP contribution is 2.35. The van der Waals surface area contributed by atoms with Crippen molar-refractivity contribution in [1.29, 1.82) is 0 Å². The Balaban J connectivity index is 2.00. The fourth-order valence-corrected chi connectivity index (χ4v) is 4.13. The zero-order valence-electron chi connectivity index (χ0n) is 22.7. The molecule has 2 aromatic carbocycles. The summed E-state index contributed by atoms with van der Waals surface area (Å²) in [5.41, 5.74) is 6.15. The van der Waals surface area contributed by atoms with Crippen LogP contribution in [0.15, 0.2) is 71.1 Å². The summed E-state index contributed by atoms with van der Waals surface area (Å²) >= 11 is 0. The van der Waals surface area contributed by atoms with E-state index < -0.39 is 11.9 Å². The average Bonchev–Trinajstić information content (AvgIpc) is 2.83.